The van der Waals surface area contributed by atoms with Crippen LogP contribution in [0.4, 0.5) is 10.1 Å². The Morgan fingerprint density at radius 3 is 2.89 bits per heavy atom. The lowest BCUT2D eigenvalue weighted by Crippen LogP contribution is -2.36. The first-order valence-corrected chi connectivity index (χ1v) is 5.44. The zero-order chi connectivity index (χ0) is 13.1. The fraction of sp³-hybridized carbons (Fsp3) is 0.273. The van der Waals surface area contributed by atoms with E-state index in [9.17, 15) is 14.0 Å². The zero-order valence-corrected chi connectivity index (χ0v) is 9.50. The molecule has 0 spiro atoms. The topological polar surface area (TPSA) is 96.2 Å². The monoisotopic (exact) mass is 252 g/mol. The standard InChI is InChI=1S/C11H13FN4O2/c12-8-3-1-2-7(10(8)16-13)11(18)15-6-4-9(17)14-5-6/h1-3,6,16H,4-5,13H2,(H,14,17)(H,15,18). The van der Waals surface area contributed by atoms with Crippen LogP contribution in [0, 0.1) is 5.82 Å². The van der Waals surface area contributed by atoms with Crippen LogP contribution in [0.15, 0.2) is 18.2 Å². The van der Waals surface area contributed by atoms with E-state index in [0.29, 0.717) is 6.54 Å². The Hall–Kier alpha value is -2.15. The van der Waals surface area contributed by atoms with Gasteiger partial charge in [0.2, 0.25) is 5.91 Å². The van der Waals surface area contributed by atoms with Gasteiger partial charge in [0, 0.05) is 13.0 Å². The minimum absolute atomic E-state index is 0.0627. The molecule has 0 bridgehead atoms. The van der Waals surface area contributed by atoms with Crippen LogP contribution >= 0.6 is 0 Å². The highest BCUT2D eigenvalue weighted by atomic mass is 19.1. The van der Waals surface area contributed by atoms with Crippen molar-refractivity contribution in [3.63, 3.8) is 0 Å². The van der Waals surface area contributed by atoms with Crippen molar-refractivity contribution in [3.05, 3.63) is 29.6 Å². The fourth-order valence-electron chi connectivity index (χ4n) is 1.83. The van der Waals surface area contributed by atoms with Crippen LogP contribution in [0.1, 0.15) is 16.8 Å². The highest BCUT2D eigenvalue weighted by molar-refractivity contribution is 6.00. The molecule has 1 aromatic carbocycles. The van der Waals surface area contributed by atoms with Gasteiger partial charge in [0.1, 0.15) is 5.82 Å². The molecule has 1 fully saturated rings. The number of nitrogens with one attached hydrogen (secondary N) is 3. The van der Waals surface area contributed by atoms with Crippen LogP contribution in [0.3, 0.4) is 0 Å². The van der Waals surface area contributed by atoms with E-state index in [2.05, 4.69) is 16.1 Å². The van der Waals surface area contributed by atoms with Crippen molar-refractivity contribution in [3.8, 4) is 0 Å². The van der Waals surface area contributed by atoms with Crippen LogP contribution in [-0.2, 0) is 4.79 Å². The Kier molecular flexibility index (Phi) is 3.42. The number of hydrogen-bond donors (Lipinski definition) is 4. The number of carbonyl (C=O) groups is 2. The van der Waals surface area contributed by atoms with Crippen molar-refractivity contribution in [2.75, 3.05) is 12.0 Å². The number of benzene rings is 1. The number of amides is 2. The number of nitrogens with two attached hydrogens (primary N) is 1. The number of hydrogen-bond acceptors (Lipinski definition) is 4. The third-order valence-corrected chi connectivity index (χ3v) is 2.72. The van der Waals surface area contributed by atoms with E-state index in [1.165, 1.54) is 18.2 Å². The molecule has 1 aliphatic rings. The quantitative estimate of drug-likeness (QED) is 0.440. The molecule has 96 valence electrons. The number of hydrazine groups is 1. The van der Waals surface area contributed by atoms with Crippen LogP contribution in [0.25, 0.3) is 0 Å². The molecule has 18 heavy (non-hydrogen) atoms. The molecule has 1 aliphatic heterocycles. The van der Waals surface area contributed by atoms with E-state index in [0.717, 1.165) is 0 Å². The van der Waals surface area contributed by atoms with E-state index in [-0.39, 0.29) is 29.6 Å². The molecule has 5 N–H and O–H groups in total. The SMILES string of the molecule is NNc1c(F)cccc1C(=O)NC1CNC(=O)C1. The Morgan fingerprint density at radius 2 is 2.28 bits per heavy atom. The van der Waals surface area contributed by atoms with Gasteiger partial charge in [0.15, 0.2) is 0 Å². The zero-order valence-electron chi connectivity index (χ0n) is 9.50. The maximum atomic E-state index is 13.4. The van der Waals surface area contributed by atoms with E-state index in [4.69, 9.17) is 5.84 Å². The number of nitrogen functional groups attached to an aromatic ring is 1. The summed E-state index contributed by atoms with van der Waals surface area (Å²) in [6.07, 6.45) is 0.229. The minimum Gasteiger partial charge on any atom is -0.354 e. The van der Waals surface area contributed by atoms with E-state index in [1.54, 1.807) is 0 Å². The number of para-hydroxylation sites is 1. The molecule has 0 saturated carbocycles. The molecular formula is C11H13FN4O2. The Morgan fingerprint density at radius 1 is 1.50 bits per heavy atom. The maximum absolute atomic E-state index is 13.4. The molecule has 0 aliphatic carbocycles. The number of anilines is 1. The lowest BCUT2D eigenvalue weighted by Gasteiger charge is -2.13. The first-order valence-electron chi connectivity index (χ1n) is 5.44. The summed E-state index contributed by atoms with van der Waals surface area (Å²) in [5.41, 5.74) is 2.21. The van der Waals surface area contributed by atoms with Crippen molar-refractivity contribution < 1.29 is 14.0 Å². The molecule has 1 atom stereocenters. The first kappa shape index (κ1) is 12.3. The predicted molar refractivity (Wildman–Crippen MR) is 63.1 cm³/mol. The van der Waals surface area contributed by atoms with Gasteiger partial charge in [-0.1, -0.05) is 6.07 Å². The molecular weight excluding hydrogens is 239 g/mol. The van der Waals surface area contributed by atoms with Gasteiger partial charge in [-0.3, -0.25) is 15.4 Å². The van der Waals surface area contributed by atoms with Gasteiger partial charge in [0.05, 0.1) is 17.3 Å². The summed E-state index contributed by atoms with van der Waals surface area (Å²) < 4.78 is 13.4. The Bertz CT molecular complexity index is 492. The Labute approximate surface area is 103 Å². The van der Waals surface area contributed by atoms with E-state index in [1.807, 2.05) is 0 Å². The summed E-state index contributed by atoms with van der Waals surface area (Å²) in [7, 11) is 0. The van der Waals surface area contributed by atoms with Gasteiger partial charge in [-0.25, -0.2) is 4.39 Å². The highest BCUT2D eigenvalue weighted by Gasteiger charge is 2.24. The third-order valence-electron chi connectivity index (χ3n) is 2.72. The molecule has 2 rings (SSSR count). The number of halogens is 1. The van der Waals surface area contributed by atoms with Gasteiger partial charge in [-0.05, 0) is 12.1 Å². The predicted octanol–water partition coefficient (Wildman–Crippen LogP) is -0.270. The second-order valence-electron chi connectivity index (χ2n) is 3.99. The van der Waals surface area contributed by atoms with Crippen LogP contribution in [0.2, 0.25) is 0 Å². The third kappa shape index (κ3) is 2.40. The lowest BCUT2D eigenvalue weighted by atomic mass is 10.1. The first-order chi connectivity index (χ1) is 8.61. The second kappa shape index (κ2) is 5.01. The summed E-state index contributed by atoms with van der Waals surface area (Å²) >= 11 is 0. The van der Waals surface area contributed by atoms with Crippen LogP contribution in [-0.4, -0.2) is 24.4 Å². The molecule has 6 nitrogen and oxygen atoms in total. The van der Waals surface area contributed by atoms with Crippen molar-refractivity contribution in [1.82, 2.24) is 10.6 Å². The molecule has 7 heteroatoms. The van der Waals surface area contributed by atoms with Gasteiger partial charge >= 0.3 is 0 Å². The summed E-state index contributed by atoms with van der Waals surface area (Å²) in [6.45, 7) is 0.380. The molecule has 1 heterocycles. The number of carbonyl (C=O) groups excluding carboxylic acids is 2. The number of rotatable bonds is 3. The summed E-state index contributed by atoms with van der Waals surface area (Å²) in [6, 6.07) is 3.80. The van der Waals surface area contributed by atoms with Crippen molar-refractivity contribution in [2.24, 2.45) is 5.84 Å². The smallest absolute Gasteiger partial charge is 0.253 e. The van der Waals surface area contributed by atoms with Crippen LogP contribution in [0.5, 0.6) is 0 Å². The van der Waals surface area contributed by atoms with Gasteiger partial charge in [0.25, 0.3) is 5.91 Å². The summed E-state index contributed by atoms with van der Waals surface area (Å²) in [5.74, 6) is 3.99. The fourth-order valence-corrected chi connectivity index (χ4v) is 1.83. The average molecular weight is 252 g/mol. The van der Waals surface area contributed by atoms with Crippen molar-refractivity contribution in [2.45, 2.75) is 12.5 Å². The second-order valence-corrected chi connectivity index (χ2v) is 3.99. The van der Waals surface area contributed by atoms with E-state index >= 15 is 0 Å². The highest BCUT2D eigenvalue weighted by Crippen LogP contribution is 2.18. The molecule has 2 amide bonds. The summed E-state index contributed by atoms with van der Waals surface area (Å²) in [4.78, 5) is 22.9. The molecule has 1 saturated heterocycles. The van der Waals surface area contributed by atoms with Crippen molar-refractivity contribution in [1.29, 1.82) is 0 Å². The average Bonchev–Trinajstić information content (AvgIpc) is 2.74. The largest absolute Gasteiger partial charge is 0.354 e. The van der Waals surface area contributed by atoms with Gasteiger partial charge in [-0.15, -0.1) is 0 Å². The molecule has 1 aromatic rings. The molecule has 1 unspecified atom stereocenters. The Balaban J connectivity index is 2.14. The van der Waals surface area contributed by atoms with Crippen molar-refractivity contribution >= 4 is 17.5 Å². The maximum Gasteiger partial charge on any atom is 0.253 e. The lowest BCUT2D eigenvalue weighted by molar-refractivity contribution is -0.119. The minimum atomic E-state index is -0.606. The summed E-state index contributed by atoms with van der Waals surface area (Å²) in [5, 5.41) is 5.24. The van der Waals surface area contributed by atoms with E-state index < -0.39 is 11.7 Å². The molecule has 0 radical (unpaired) electrons. The van der Waals surface area contributed by atoms with Gasteiger partial charge < -0.3 is 16.1 Å². The molecule has 0 aromatic heterocycles. The normalized spacial score (nSPS) is 18.3. The van der Waals surface area contributed by atoms with Gasteiger partial charge in [-0.2, -0.15) is 0 Å². The van der Waals surface area contributed by atoms with Crippen LogP contribution < -0.4 is 21.9 Å².